The Kier molecular flexibility index (Phi) is 2.58. The predicted octanol–water partition coefficient (Wildman–Crippen LogP) is 4.87. The molecule has 21 heavy (non-hydrogen) atoms. The number of rotatable bonds is 1. The van der Waals surface area contributed by atoms with E-state index in [0.29, 0.717) is 5.69 Å². The fourth-order valence-electron chi connectivity index (χ4n) is 3.02. The Balaban J connectivity index is 1.93. The minimum Gasteiger partial charge on any atom is -0.256 e. The van der Waals surface area contributed by atoms with Gasteiger partial charge >= 0.3 is 0 Å². The monoisotopic (exact) mass is 268 g/mol. The van der Waals surface area contributed by atoms with Gasteiger partial charge in [0.1, 0.15) is 0 Å². The van der Waals surface area contributed by atoms with Crippen LogP contribution in [0.5, 0.6) is 0 Å². The van der Waals surface area contributed by atoms with Gasteiger partial charge in [-0.05, 0) is 46.9 Å². The van der Waals surface area contributed by atoms with Gasteiger partial charge in [0.25, 0.3) is 0 Å². The summed E-state index contributed by atoms with van der Waals surface area (Å²) in [5.74, 6) is 0. The van der Waals surface area contributed by atoms with Crippen LogP contribution in [0.15, 0.2) is 60.8 Å². The van der Waals surface area contributed by atoms with Gasteiger partial charge in [-0.2, -0.15) is 0 Å². The Morgan fingerprint density at radius 1 is 0.905 bits per heavy atom. The van der Waals surface area contributed by atoms with E-state index in [-0.39, 0.29) is 0 Å². The molecule has 0 spiro atoms. The van der Waals surface area contributed by atoms with E-state index in [9.17, 15) is 0 Å². The molecule has 1 aliphatic rings. The second-order valence-electron chi connectivity index (χ2n) is 5.18. The maximum Gasteiger partial charge on any atom is 0.187 e. The smallest absolute Gasteiger partial charge is 0.187 e. The lowest BCUT2D eigenvalue weighted by molar-refractivity contribution is 1.24. The summed E-state index contributed by atoms with van der Waals surface area (Å²) in [6.07, 6.45) is 2.74. The average molecular weight is 268 g/mol. The summed E-state index contributed by atoms with van der Waals surface area (Å²) >= 11 is 0. The minimum absolute atomic E-state index is 0.699. The highest BCUT2D eigenvalue weighted by Crippen LogP contribution is 2.42. The highest BCUT2D eigenvalue weighted by Gasteiger charge is 2.21. The number of hydrogen-bond acceptors (Lipinski definition) is 1. The molecule has 0 unspecified atom stereocenters. The first-order chi connectivity index (χ1) is 10.4. The third-order valence-corrected chi connectivity index (χ3v) is 4.00. The molecule has 0 N–H and O–H groups in total. The van der Waals surface area contributed by atoms with Crippen molar-refractivity contribution in [2.24, 2.45) is 0 Å². The third-order valence-electron chi connectivity index (χ3n) is 4.00. The van der Waals surface area contributed by atoms with Gasteiger partial charge in [-0.15, -0.1) is 0 Å². The fourth-order valence-corrected chi connectivity index (χ4v) is 3.02. The predicted molar refractivity (Wildman–Crippen MR) is 84.2 cm³/mol. The lowest BCUT2D eigenvalue weighted by Gasteiger charge is -2.07. The second kappa shape index (κ2) is 4.57. The maximum atomic E-state index is 7.18. The molecular formula is C19H12N2. The summed E-state index contributed by atoms with van der Waals surface area (Å²) in [6.45, 7) is 7.18. The van der Waals surface area contributed by atoms with Crippen molar-refractivity contribution >= 4 is 5.69 Å². The standard InChI is InChI=1S/C19H12N2/c1-20-14-9-8-13-11-18-15(17(13)12-14)5-4-6-16(18)19-7-2-3-10-21-19/h2-10,12H,11H2. The zero-order chi connectivity index (χ0) is 14.2. The molecule has 0 saturated heterocycles. The lowest BCUT2D eigenvalue weighted by atomic mass is 9.99. The highest BCUT2D eigenvalue weighted by molar-refractivity contribution is 5.85. The van der Waals surface area contributed by atoms with Gasteiger partial charge in [0, 0.05) is 11.8 Å². The van der Waals surface area contributed by atoms with Gasteiger partial charge in [0.05, 0.1) is 12.3 Å². The topological polar surface area (TPSA) is 17.2 Å². The maximum absolute atomic E-state index is 7.18. The van der Waals surface area contributed by atoms with Crippen LogP contribution in [0, 0.1) is 6.57 Å². The van der Waals surface area contributed by atoms with Crippen LogP contribution < -0.4 is 0 Å². The van der Waals surface area contributed by atoms with Gasteiger partial charge in [-0.3, -0.25) is 4.98 Å². The molecule has 0 bridgehead atoms. The highest BCUT2D eigenvalue weighted by atomic mass is 14.7. The van der Waals surface area contributed by atoms with Crippen molar-refractivity contribution in [3.05, 3.63) is 83.3 Å². The van der Waals surface area contributed by atoms with Crippen LogP contribution in [0.2, 0.25) is 0 Å². The van der Waals surface area contributed by atoms with Crippen LogP contribution in [0.25, 0.3) is 27.2 Å². The fraction of sp³-hybridized carbons (Fsp3) is 0.0526. The van der Waals surface area contributed by atoms with Crippen LogP contribution in [0.3, 0.4) is 0 Å². The molecule has 2 nitrogen and oxygen atoms in total. The van der Waals surface area contributed by atoms with Crippen molar-refractivity contribution in [1.29, 1.82) is 0 Å². The largest absolute Gasteiger partial charge is 0.256 e. The van der Waals surface area contributed by atoms with Crippen molar-refractivity contribution in [2.75, 3.05) is 0 Å². The Morgan fingerprint density at radius 2 is 1.81 bits per heavy atom. The second-order valence-corrected chi connectivity index (χ2v) is 5.18. The van der Waals surface area contributed by atoms with Gasteiger partial charge in [-0.1, -0.05) is 36.4 Å². The minimum atomic E-state index is 0.699. The molecule has 4 rings (SSSR count). The first-order valence-corrected chi connectivity index (χ1v) is 6.91. The molecule has 0 amide bonds. The van der Waals surface area contributed by atoms with Gasteiger partial charge in [0.15, 0.2) is 5.69 Å². The zero-order valence-electron chi connectivity index (χ0n) is 11.4. The molecule has 2 aromatic carbocycles. The SMILES string of the molecule is [C-]#[N+]c1ccc2c(c1)-c1cccc(-c3ccccn3)c1C2. The zero-order valence-corrected chi connectivity index (χ0v) is 11.4. The quantitative estimate of drug-likeness (QED) is 0.450. The van der Waals surface area contributed by atoms with E-state index in [1.165, 1.54) is 27.8 Å². The summed E-state index contributed by atoms with van der Waals surface area (Å²) < 4.78 is 0. The lowest BCUT2D eigenvalue weighted by Crippen LogP contribution is -1.89. The summed E-state index contributed by atoms with van der Waals surface area (Å²) in [6, 6.07) is 18.3. The molecule has 98 valence electrons. The van der Waals surface area contributed by atoms with Gasteiger partial charge < -0.3 is 0 Å². The molecular weight excluding hydrogens is 256 g/mol. The van der Waals surface area contributed by atoms with Crippen LogP contribution in [0.1, 0.15) is 11.1 Å². The Bertz CT molecular complexity index is 874. The Morgan fingerprint density at radius 3 is 2.62 bits per heavy atom. The molecule has 0 radical (unpaired) electrons. The first-order valence-electron chi connectivity index (χ1n) is 6.91. The van der Waals surface area contributed by atoms with E-state index in [1.807, 2.05) is 36.5 Å². The first kappa shape index (κ1) is 11.9. The van der Waals surface area contributed by atoms with E-state index < -0.39 is 0 Å². The van der Waals surface area contributed by atoms with E-state index in [1.54, 1.807) is 0 Å². The van der Waals surface area contributed by atoms with Crippen LogP contribution in [-0.2, 0) is 6.42 Å². The van der Waals surface area contributed by atoms with Crippen molar-refractivity contribution in [3.8, 4) is 22.4 Å². The molecule has 1 heterocycles. The molecule has 0 fully saturated rings. The van der Waals surface area contributed by atoms with Crippen LogP contribution in [0.4, 0.5) is 5.69 Å². The van der Waals surface area contributed by atoms with E-state index in [2.05, 4.69) is 34.1 Å². The molecule has 0 saturated carbocycles. The summed E-state index contributed by atoms with van der Waals surface area (Å²) in [4.78, 5) is 8.01. The number of benzene rings is 2. The molecule has 1 aromatic heterocycles. The third kappa shape index (κ3) is 1.83. The number of fused-ring (bicyclic) bond motifs is 3. The van der Waals surface area contributed by atoms with Gasteiger partial charge in [0.2, 0.25) is 0 Å². The number of hydrogen-bond donors (Lipinski definition) is 0. The molecule has 0 aliphatic heterocycles. The van der Waals surface area contributed by atoms with Crippen molar-refractivity contribution < 1.29 is 0 Å². The number of aromatic nitrogens is 1. The van der Waals surface area contributed by atoms with E-state index in [4.69, 9.17) is 6.57 Å². The Labute approximate surface area is 123 Å². The average Bonchev–Trinajstić information content (AvgIpc) is 2.93. The molecule has 1 aliphatic carbocycles. The van der Waals surface area contributed by atoms with Crippen LogP contribution in [-0.4, -0.2) is 4.98 Å². The van der Waals surface area contributed by atoms with Crippen molar-refractivity contribution in [3.63, 3.8) is 0 Å². The number of pyridine rings is 1. The summed E-state index contributed by atoms with van der Waals surface area (Å²) in [5, 5.41) is 0. The van der Waals surface area contributed by atoms with E-state index >= 15 is 0 Å². The molecule has 0 atom stereocenters. The van der Waals surface area contributed by atoms with E-state index in [0.717, 1.165) is 12.1 Å². The summed E-state index contributed by atoms with van der Waals surface area (Å²) in [7, 11) is 0. The number of nitrogens with zero attached hydrogens (tertiary/aromatic N) is 2. The van der Waals surface area contributed by atoms with Crippen molar-refractivity contribution in [1.82, 2.24) is 4.98 Å². The van der Waals surface area contributed by atoms with Crippen molar-refractivity contribution in [2.45, 2.75) is 6.42 Å². The Hall–Kier alpha value is -2.92. The van der Waals surface area contributed by atoms with Gasteiger partial charge in [-0.25, -0.2) is 4.85 Å². The molecule has 2 heteroatoms. The normalized spacial score (nSPS) is 11.6. The summed E-state index contributed by atoms with van der Waals surface area (Å²) in [5.41, 5.74) is 7.93. The van der Waals surface area contributed by atoms with Crippen LogP contribution >= 0.6 is 0 Å². The molecule has 3 aromatic rings.